The molecule has 0 saturated carbocycles. The van der Waals surface area contributed by atoms with Gasteiger partial charge in [0.05, 0.1) is 40.7 Å². The van der Waals surface area contributed by atoms with Crippen molar-refractivity contribution in [2.45, 2.75) is 45.3 Å². The van der Waals surface area contributed by atoms with Gasteiger partial charge in [-0.25, -0.2) is 9.97 Å². The van der Waals surface area contributed by atoms with Crippen LogP contribution in [-0.4, -0.2) is 67.7 Å². The number of benzene rings is 1. The highest BCUT2D eigenvalue weighted by Gasteiger charge is 2.36. The second kappa shape index (κ2) is 8.92. The Balaban J connectivity index is 1.34. The summed E-state index contributed by atoms with van der Waals surface area (Å²) < 4.78 is 2.09. The van der Waals surface area contributed by atoms with Gasteiger partial charge in [0.2, 0.25) is 0 Å². The molecule has 1 aliphatic heterocycles. The molecule has 182 valence electrons. The number of likely N-dealkylation sites (N-methyl/N-ethyl adjacent to an activating group) is 1. The predicted octanol–water partition coefficient (Wildman–Crippen LogP) is 3.97. The molecule has 0 bridgehead atoms. The molecule has 1 aromatic carbocycles. The average molecular weight is 473 g/mol. The van der Waals surface area contributed by atoms with Gasteiger partial charge in [-0.15, -0.1) is 0 Å². The lowest BCUT2D eigenvalue weighted by Gasteiger charge is -2.42. The third-order valence-corrected chi connectivity index (χ3v) is 6.85. The summed E-state index contributed by atoms with van der Waals surface area (Å²) in [7, 11) is 1.75. The van der Waals surface area contributed by atoms with Crippen molar-refractivity contribution in [3.05, 3.63) is 60.2 Å². The maximum atomic E-state index is 13.3. The molecule has 8 nitrogen and oxygen atoms in total. The molecule has 4 aromatic rings. The van der Waals surface area contributed by atoms with Gasteiger partial charge in [-0.05, 0) is 70.0 Å². The van der Waals surface area contributed by atoms with Gasteiger partial charge in [-0.1, -0.05) is 0 Å². The first kappa shape index (κ1) is 23.2. The van der Waals surface area contributed by atoms with Crippen LogP contribution >= 0.6 is 0 Å². The first-order valence-corrected chi connectivity index (χ1v) is 12.2. The van der Waals surface area contributed by atoms with Crippen molar-refractivity contribution in [2.24, 2.45) is 0 Å². The number of piperidine rings is 1. The molecular formula is C27H32N6O2. The molecule has 0 unspecified atom stereocenters. The molecule has 8 heteroatoms. The van der Waals surface area contributed by atoms with E-state index >= 15 is 0 Å². The molecule has 0 spiro atoms. The Morgan fingerprint density at radius 2 is 2.00 bits per heavy atom. The summed E-state index contributed by atoms with van der Waals surface area (Å²) in [6.07, 6.45) is 5.06. The lowest BCUT2D eigenvalue weighted by Crippen LogP contribution is -2.54. The van der Waals surface area contributed by atoms with E-state index in [4.69, 9.17) is 4.98 Å². The number of carbonyl (C=O) groups excluding carboxylic acids is 1. The van der Waals surface area contributed by atoms with Gasteiger partial charge in [0.15, 0.2) is 0 Å². The highest BCUT2D eigenvalue weighted by Crippen LogP contribution is 2.31. The summed E-state index contributed by atoms with van der Waals surface area (Å²) >= 11 is 0. The fraction of sp³-hybridized carbons (Fsp3) is 0.407. The second-order valence-electron chi connectivity index (χ2n) is 10.0. The molecule has 0 aliphatic carbocycles. The first-order chi connectivity index (χ1) is 16.7. The molecular weight excluding hydrogens is 440 g/mol. The number of pyridine rings is 2. The van der Waals surface area contributed by atoms with E-state index in [-0.39, 0.29) is 12.5 Å². The van der Waals surface area contributed by atoms with Crippen molar-refractivity contribution in [3.8, 4) is 0 Å². The van der Waals surface area contributed by atoms with Crippen LogP contribution in [0.25, 0.3) is 22.1 Å². The minimum absolute atomic E-state index is 0.122. The smallest absolute Gasteiger partial charge is 0.253 e. The van der Waals surface area contributed by atoms with E-state index in [9.17, 15) is 9.90 Å². The minimum atomic E-state index is -1.02. The van der Waals surface area contributed by atoms with E-state index in [0.717, 1.165) is 46.4 Å². The largest absolute Gasteiger partial charge is 0.386 e. The van der Waals surface area contributed by atoms with Crippen LogP contribution in [0.2, 0.25) is 0 Å². The van der Waals surface area contributed by atoms with Crippen LogP contribution in [0, 0.1) is 6.92 Å². The zero-order valence-corrected chi connectivity index (χ0v) is 20.8. The van der Waals surface area contributed by atoms with E-state index in [0.29, 0.717) is 24.6 Å². The molecule has 4 heterocycles. The van der Waals surface area contributed by atoms with Crippen LogP contribution in [0.5, 0.6) is 0 Å². The number of nitrogens with zero attached hydrogens (tertiary/aromatic N) is 6. The first-order valence-electron chi connectivity index (χ1n) is 12.2. The number of aromatic nitrogens is 4. The zero-order chi connectivity index (χ0) is 24.7. The lowest BCUT2D eigenvalue weighted by atomic mass is 9.91. The molecule has 0 radical (unpaired) electrons. The number of β-amino-alcohol motifs (C(OH)–C–C–N with tert-alkyl or cyclic N) is 1. The number of aryl methyl sites for hydroxylation is 1. The van der Waals surface area contributed by atoms with Gasteiger partial charge in [-0.2, -0.15) is 0 Å². The number of carbonyl (C=O) groups is 1. The van der Waals surface area contributed by atoms with E-state index in [1.54, 1.807) is 18.1 Å². The standard InChI is InChI=1S/C27H32N6O2/c1-18(2)33-17-29-22-14-20(7-9-23(22)33)26(34)31(4)15-27(35)11-5-13-32(16-27)24-10-12-28-21-8-6-19(3)30-25(21)24/h6-10,12,14,17-18,35H,5,11,13,15-16H2,1-4H3/t27-/m0/s1. The van der Waals surface area contributed by atoms with Crippen molar-refractivity contribution in [1.29, 1.82) is 0 Å². The SMILES string of the molecule is Cc1ccc2nccc(N3CCC[C@](O)(CN(C)C(=O)c4ccc5c(c4)ncn5C(C)C)C3)c2n1. The fourth-order valence-corrected chi connectivity index (χ4v) is 5.12. The summed E-state index contributed by atoms with van der Waals surface area (Å²) in [5, 5.41) is 11.5. The topological polar surface area (TPSA) is 87.4 Å². The van der Waals surface area contributed by atoms with Crippen LogP contribution < -0.4 is 4.90 Å². The highest BCUT2D eigenvalue weighted by atomic mass is 16.3. The van der Waals surface area contributed by atoms with Gasteiger partial charge in [-0.3, -0.25) is 9.78 Å². The summed E-state index contributed by atoms with van der Waals surface area (Å²) in [6, 6.07) is 11.8. The molecule has 35 heavy (non-hydrogen) atoms. The van der Waals surface area contributed by atoms with Crippen LogP contribution in [0.15, 0.2) is 48.9 Å². The quantitative estimate of drug-likeness (QED) is 0.473. The molecule has 1 atom stereocenters. The number of fused-ring (bicyclic) bond motifs is 2. The maximum Gasteiger partial charge on any atom is 0.253 e. The Labute approximate surface area is 205 Å². The Morgan fingerprint density at radius 3 is 2.80 bits per heavy atom. The third kappa shape index (κ3) is 4.46. The number of aliphatic hydroxyl groups is 1. The van der Waals surface area contributed by atoms with Crippen LogP contribution in [0.1, 0.15) is 48.8 Å². The van der Waals surface area contributed by atoms with Crippen LogP contribution in [0.3, 0.4) is 0 Å². The van der Waals surface area contributed by atoms with Gasteiger partial charge in [0.1, 0.15) is 5.52 Å². The summed E-state index contributed by atoms with van der Waals surface area (Å²) in [4.78, 5) is 30.7. The van der Waals surface area contributed by atoms with Crippen molar-refractivity contribution in [3.63, 3.8) is 0 Å². The third-order valence-electron chi connectivity index (χ3n) is 6.85. The average Bonchev–Trinajstić information content (AvgIpc) is 3.26. The number of amides is 1. The Morgan fingerprint density at radius 1 is 1.17 bits per heavy atom. The van der Waals surface area contributed by atoms with Crippen molar-refractivity contribution in [2.75, 3.05) is 31.6 Å². The Bertz CT molecular complexity index is 1400. The molecule has 5 rings (SSSR count). The number of hydrogen-bond acceptors (Lipinski definition) is 6. The molecule has 3 aromatic heterocycles. The molecule has 1 saturated heterocycles. The number of imidazole rings is 1. The van der Waals surface area contributed by atoms with Gasteiger partial charge >= 0.3 is 0 Å². The molecule has 1 N–H and O–H groups in total. The minimum Gasteiger partial charge on any atom is -0.386 e. The zero-order valence-electron chi connectivity index (χ0n) is 20.8. The van der Waals surface area contributed by atoms with Gasteiger partial charge in [0, 0.05) is 43.6 Å². The van der Waals surface area contributed by atoms with E-state index < -0.39 is 5.60 Å². The number of anilines is 1. The summed E-state index contributed by atoms with van der Waals surface area (Å²) in [5.41, 5.74) is 4.94. The maximum absolute atomic E-state index is 13.3. The summed E-state index contributed by atoms with van der Waals surface area (Å²) in [6.45, 7) is 7.67. The van der Waals surface area contributed by atoms with Crippen molar-refractivity contribution >= 4 is 33.7 Å². The predicted molar refractivity (Wildman–Crippen MR) is 138 cm³/mol. The van der Waals surface area contributed by atoms with E-state index in [2.05, 4.69) is 33.3 Å². The fourth-order valence-electron chi connectivity index (χ4n) is 5.12. The molecule has 1 aliphatic rings. The van der Waals surface area contributed by atoms with Crippen molar-refractivity contribution < 1.29 is 9.90 Å². The van der Waals surface area contributed by atoms with Gasteiger partial charge < -0.3 is 19.5 Å². The van der Waals surface area contributed by atoms with Crippen LogP contribution in [0.4, 0.5) is 5.69 Å². The molecule has 1 fully saturated rings. The summed E-state index contributed by atoms with van der Waals surface area (Å²) in [5.74, 6) is -0.122. The Kier molecular flexibility index (Phi) is 5.92. The van der Waals surface area contributed by atoms with Crippen LogP contribution in [-0.2, 0) is 0 Å². The van der Waals surface area contributed by atoms with Gasteiger partial charge in [0.25, 0.3) is 5.91 Å². The highest BCUT2D eigenvalue weighted by molar-refractivity contribution is 5.97. The Hall–Kier alpha value is -3.52. The molecule has 1 amide bonds. The lowest BCUT2D eigenvalue weighted by molar-refractivity contribution is 0.0000672. The second-order valence-corrected chi connectivity index (χ2v) is 10.0. The number of hydrogen-bond donors (Lipinski definition) is 1. The van der Waals surface area contributed by atoms with E-state index in [1.165, 1.54) is 0 Å². The van der Waals surface area contributed by atoms with Crippen molar-refractivity contribution in [1.82, 2.24) is 24.4 Å². The van der Waals surface area contributed by atoms with E-state index in [1.807, 2.05) is 49.6 Å². The monoisotopic (exact) mass is 472 g/mol. The number of rotatable bonds is 5. The normalized spacial score (nSPS) is 18.5.